The highest BCUT2D eigenvalue weighted by Crippen LogP contribution is 2.29. The summed E-state index contributed by atoms with van der Waals surface area (Å²) in [6, 6.07) is 7.06. The minimum Gasteiger partial charge on any atom is -0.356 e. The van der Waals surface area contributed by atoms with Gasteiger partial charge in [-0.25, -0.2) is 0 Å². The highest BCUT2D eigenvalue weighted by molar-refractivity contribution is 7.09. The Hall–Kier alpha value is -1.34. The van der Waals surface area contributed by atoms with Gasteiger partial charge in [0.1, 0.15) is 0 Å². The van der Waals surface area contributed by atoms with Gasteiger partial charge in [0.15, 0.2) is 0 Å². The number of aromatic nitrogens is 2. The summed E-state index contributed by atoms with van der Waals surface area (Å²) < 4.78 is 40.0. The van der Waals surface area contributed by atoms with Gasteiger partial charge in [0.05, 0.1) is 0 Å². The number of nitrogens with zero attached hydrogens (tertiary/aromatic N) is 2. The van der Waals surface area contributed by atoms with Crippen molar-refractivity contribution in [1.29, 1.82) is 0 Å². The molecule has 1 heterocycles. The zero-order valence-electron chi connectivity index (χ0n) is 8.83. The molecule has 18 heavy (non-hydrogen) atoms. The quantitative estimate of drug-likeness (QED) is 0.935. The lowest BCUT2D eigenvalue weighted by atomic mass is 10.2. The van der Waals surface area contributed by atoms with Crippen LogP contribution in [-0.4, -0.2) is 9.36 Å². The van der Waals surface area contributed by atoms with Crippen molar-refractivity contribution in [2.45, 2.75) is 12.7 Å². The first-order valence-electron chi connectivity index (χ1n) is 4.85. The average molecular weight is 294 g/mol. The van der Waals surface area contributed by atoms with Gasteiger partial charge in [-0.05, 0) is 11.6 Å². The van der Waals surface area contributed by atoms with E-state index in [4.69, 9.17) is 11.6 Å². The minimum atomic E-state index is -4.51. The molecule has 0 fully saturated rings. The Kier molecular flexibility index (Phi) is 3.72. The first-order valence-corrected chi connectivity index (χ1v) is 6.00. The Labute approximate surface area is 110 Å². The van der Waals surface area contributed by atoms with Gasteiger partial charge in [-0.3, -0.25) is 0 Å². The van der Waals surface area contributed by atoms with Crippen LogP contribution in [0.4, 0.5) is 18.3 Å². The van der Waals surface area contributed by atoms with Crippen LogP contribution in [0.3, 0.4) is 0 Å². The molecule has 0 atom stereocenters. The number of alkyl halides is 3. The summed E-state index contributed by atoms with van der Waals surface area (Å²) in [6.45, 7) is 0.298. The molecule has 8 heteroatoms. The molecule has 2 aromatic rings. The summed E-state index contributed by atoms with van der Waals surface area (Å²) in [5, 5.41) is 3.41. The SMILES string of the molecule is FC(F)(F)c1nsc(NCc2ccccc2Cl)n1. The Morgan fingerprint density at radius 1 is 1.28 bits per heavy atom. The van der Waals surface area contributed by atoms with Gasteiger partial charge < -0.3 is 5.32 Å². The Balaban J connectivity index is 2.03. The maximum atomic E-state index is 12.3. The van der Waals surface area contributed by atoms with Gasteiger partial charge in [-0.2, -0.15) is 22.5 Å². The van der Waals surface area contributed by atoms with Crippen LogP contribution < -0.4 is 5.32 Å². The maximum Gasteiger partial charge on any atom is 0.452 e. The number of anilines is 1. The van der Waals surface area contributed by atoms with E-state index < -0.39 is 12.0 Å². The highest BCUT2D eigenvalue weighted by atomic mass is 35.5. The average Bonchev–Trinajstić information content (AvgIpc) is 2.76. The summed E-state index contributed by atoms with van der Waals surface area (Å²) in [5.41, 5.74) is 0.780. The van der Waals surface area contributed by atoms with Crippen LogP contribution in [-0.2, 0) is 12.7 Å². The molecular weight excluding hydrogens is 287 g/mol. The fourth-order valence-corrected chi connectivity index (χ4v) is 2.01. The number of nitrogens with one attached hydrogen (secondary N) is 1. The first-order chi connectivity index (χ1) is 8.47. The predicted octanol–water partition coefficient (Wildman–Crippen LogP) is 3.82. The lowest BCUT2D eigenvalue weighted by Crippen LogP contribution is -2.07. The van der Waals surface area contributed by atoms with Crippen LogP contribution in [0.25, 0.3) is 0 Å². The third-order valence-electron chi connectivity index (χ3n) is 2.07. The van der Waals surface area contributed by atoms with Crippen LogP contribution in [0.5, 0.6) is 0 Å². The third-order valence-corrected chi connectivity index (χ3v) is 3.11. The highest BCUT2D eigenvalue weighted by Gasteiger charge is 2.36. The van der Waals surface area contributed by atoms with Crippen LogP contribution in [0, 0.1) is 0 Å². The fourth-order valence-electron chi connectivity index (χ4n) is 1.22. The molecule has 0 aliphatic carbocycles. The van der Waals surface area contributed by atoms with E-state index in [-0.39, 0.29) is 5.13 Å². The molecule has 0 amide bonds. The Morgan fingerprint density at radius 3 is 2.61 bits per heavy atom. The molecule has 1 N–H and O–H groups in total. The van der Waals surface area contributed by atoms with Crippen molar-refractivity contribution in [2.24, 2.45) is 0 Å². The number of rotatable bonds is 3. The number of benzene rings is 1. The van der Waals surface area contributed by atoms with Gasteiger partial charge in [0, 0.05) is 23.1 Å². The summed E-state index contributed by atoms with van der Waals surface area (Å²) in [6.07, 6.45) is -4.51. The van der Waals surface area contributed by atoms with Crippen molar-refractivity contribution in [2.75, 3.05) is 5.32 Å². The van der Waals surface area contributed by atoms with E-state index in [1.807, 2.05) is 0 Å². The van der Waals surface area contributed by atoms with Crippen molar-refractivity contribution in [3.8, 4) is 0 Å². The molecule has 1 aromatic heterocycles. The van der Waals surface area contributed by atoms with Crippen molar-refractivity contribution in [1.82, 2.24) is 9.36 Å². The second-order valence-corrected chi connectivity index (χ2v) is 4.52. The summed E-state index contributed by atoms with van der Waals surface area (Å²) in [5.74, 6) is -1.13. The van der Waals surface area contributed by atoms with E-state index >= 15 is 0 Å². The van der Waals surface area contributed by atoms with E-state index in [1.54, 1.807) is 24.3 Å². The smallest absolute Gasteiger partial charge is 0.356 e. The normalized spacial score (nSPS) is 11.6. The molecule has 1 aromatic carbocycles. The fraction of sp³-hybridized carbons (Fsp3) is 0.200. The molecule has 0 unspecified atom stereocenters. The summed E-state index contributed by atoms with van der Waals surface area (Å²) in [7, 11) is 0. The standard InChI is InChI=1S/C10H7ClF3N3S/c11-7-4-2-1-3-6(7)5-15-9-16-8(17-18-9)10(12,13)14/h1-4H,5H2,(H,15,16,17). The summed E-state index contributed by atoms with van der Waals surface area (Å²) in [4.78, 5) is 3.35. The molecular formula is C10H7ClF3N3S. The number of halogens is 4. The molecule has 0 aliphatic heterocycles. The second-order valence-electron chi connectivity index (χ2n) is 3.37. The molecule has 0 radical (unpaired) electrons. The van der Waals surface area contributed by atoms with Crippen molar-refractivity contribution < 1.29 is 13.2 Å². The zero-order chi connectivity index (χ0) is 13.2. The largest absolute Gasteiger partial charge is 0.452 e. The van der Waals surface area contributed by atoms with Gasteiger partial charge >= 0.3 is 6.18 Å². The maximum absolute atomic E-state index is 12.3. The van der Waals surface area contributed by atoms with Gasteiger partial charge in [0.25, 0.3) is 0 Å². The predicted molar refractivity (Wildman–Crippen MR) is 63.7 cm³/mol. The first kappa shape index (κ1) is 13.1. The van der Waals surface area contributed by atoms with Gasteiger partial charge in [-0.1, -0.05) is 29.8 Å². The van der Waals surface area contributed by atoms with E-state index in [2.05, 4.69) is 14.7 Å². The third kappa shape index (κ3) is 3.11. The Morgan fingerprint density at radius 2 is 2.00 bits per heavy atom. The van der Waals surface area contributed by atoms with Crippen LogP contribution in [0.15, 0.2) is 24.3 Å². The molecule has 0 saturated heterocycles. The molecule has 0 bridgehead atoms. The topological polar surface area (TPSA) is 37.8 Å². The zero-order valence-corrected chi connectivity index (χ0v) is 10.4. The summed E-state index contributed by atoms with van der Waals surface area (Å²) >= 11 is 6.58. The van der Waals surface area contributed by atoms with Gasteiger partial charge in [-0.15, -0.1) is 0 Å². The van der Waals surface area contributed by atoms with Crippen LogP contribution in [0.1, 0.15) is 11.4 Å². The lowest BCUT2D eigenvalue weighted by molar-refractivity contribution is -0.144. The second kappa shape index (κ2) is 5.11. The van der Waals surface area contributed by atoms with E-state index in [9.17, 15) is 13.2 Å². The van der Waals surface area contributed by atoms with Crippen LogP contribution in [0.2, 0.25) is 5.02 Å². The van der Waals surface area contributed by atoms with Crippen molar-refractivity contribution >= 4 is 28.3 Å². The number of hydrogen-bond acceptors (Lipinski definition) is 4. The molecule has 96 valence electrons. The van der Waals surface area contributed by atoms with Crippen LogP contribution >= 0.6 is 23.1 Å². The molecule has 0 aliphatic rings. The molecule has 0 saturated carbocycles. The monoisotopic (exact) mass is 293 g/mol. The minimum absolute atomic E-state index is 0.113. The molecule has 3 nitrogen and oxygen atoms in total. The van der Waals surface area contributed by atoms with Gasteiger partial charge in [0.2, 0.25) is 11.0 Å². The van der Waals surface area contributed by atoms with E-state index in [0.29, 0.717) is 23.1 Å². The lowest BCUT2D eigenvalue weighted by Gasteiger charge is -2.04. The van der Waals surface area contributed by atoms with E-state index in [0.717, 1.165) is 5.56 Å². The molecule has 2 rings (SSSR count). The van der Waals surface area contributed by atoms with E-state index in [1.165, 1.54) is 0 Å². The Bertz CT molecular complexity index is 541. The van der Waals surface area contributed by atoms with Crippen molar-refractivity contribution in [3.05, 3.63) is 40.7 Å². The number of hydrogen-bond donors (Lipinski definition) is 1. The molecule has 0 spiro atoms. The van der Waals surface area contributed by atoms with Crippen molar-refractivity contribution in [3.63, 3.8) is 0 Å².